The number of thiazole rings is 1. The molecule has 2 rings (SSSR count). The van der Waals surface area contributed by atoms with Gasteiger partial charge in [-0.1, -0.05) is 11.6 Å². The van der Waals surface area contributed by atoms with Crippen molar-refractivity contribution in [2.45, 2.75) is 0 Å². The molecule has 116 valence electrons. The molecule has 0 aliphatic carbocycles. The number of anilines is 1. The Morgan fingerprint density at radius 3 is 2.68 bits per heavy atom. The molecule has 1 aromatic heterocycles. The van der Waals surface area contributed by atoms with E-state index in [1.54, 1.807) is 36.8 Å². The lowest BCUT2D eigenvalue weighted by atomic mass is 10.2. The second kappa shape index (κ2) is 7.88. The highest BCUT2D eigenvalue weighted by Crippen LogP contribution is 2.17. The van der Waals surface area contributed by atoms with Gasteiger partial charge in [0.1, 0.15) is 5.69 Å². The number of carbonyl (C=O) groups is 2. The monoisotopic (exact) mass is 339 g/mol. The van der Waals surface area contributed by atoms with Crippen LogP contribution in [-0.2, 0) is 4.74 Å². The van der Waals surface area contributed by atoms with Crippen LogP contribution in [0, 0.1) is 0 Å². The second-order valence-corrected chi connectivity index (χ2v) is 5.54. The highest BCUT2D eigenvalue weighted by molar-refractivity contribution is 7.14. The average Bonchev–Trinajstić information content (AvgIpc) is 2.96. The second-order valence-electron chi connectivity index (χ2n) is 4.25. The Balaban J connectivity index is 1.95. The fraction of sp³-hybridized carbons (Fsp3) is 0.214. The zero-order valence-corrected chi connectivity index (χ0v) is 13.3. The van der Waals surface area contributed by atoms with Gasteiger partial charge in [-0.2, -0.15) is 0 Å². The van der Waals surface area contributed by atoms with Crippen LogP contribution in [-0.4, -0.2) is 37.1 Å². The van der Waals surface area contributed by atoms with Crippen LogP contribution in [0.25, 0.3) is 0 Å². The molecular formula is C14H14ClN3O3S. The van der Waals surface area contributed by atoms with E-state index in [0.717, 1.165) is 0 Å². The highest BCUT2D eigenvalue weighted by Gasteiger charge is 2.13. The van der Waals surface area contributed by atoms with E-state index in [9.17, 15) is 9.59 Å². The molecule has 0 saturated heterocycles. The Bertz CT molecular complexity index is 658. The number of benzene rings is 1. The van der Waals surface area contributed by atoms with Gasteiger partial charge in [-0.25, -0.2) is 4.98 Å². The first-order valence-electron chi connectivity index (χ1n) is 6.39. The normalized spacial score (nSPS) is 10.3. The van der Waals surface area contributed by atoms with Crippen molar-refractivity contribution in [3.05, 3.63) is 45.9 Å². The van der Waals surface area contributed by atoms with Gasteiger partial charge in [-0.3, -0.25) is 14.9 Å². The van der Waals surface area contributed by atoms with Crippen molar-refractivity contribution in [3.8, 4) is 0 Å². The quantitative estimate of drug-likeness (QED) is 0.792. The fourth-order valence-electron chi connectivity index (χ4n) is 1.56. The van der Waals surface area contributed by atoms with E-state index in [1.165, 1.54) is 11.3 Å². The van der Waals surface area contributed by atoms with Crippen LogP contribution in [0.2, 0.25) is 5.02 Å². The van der Waals surface area contributed by atoms with Gasteiger partial charge in [0.2, 0.25) is 0 Å². The SMILES string of the molecule is COCCNC(=O)c1csc(NC(=O)c2ccc(Cl)cc2)n1. The molecular weight excluding hydrogens is 326 g/mol. The van der Waals surface area contributed by atoms with Crippen LogP contribution in [0.4, 0.5) is 5.13 Å². The molecule has 0 aliphatic heterocycles. The number of carbonyl (C=O) groups excluding carboxylic acids is 2. The maximum atomic E-state index is 12.0. The first-order chi connectivity index (χ1) is 10.6. The fourth-order valence-corrected chi connectivity index (χ4v) is 2.37. The maximum Gasteiger partial charge on any atom is 0.270 e. The molecule has 0 unspecified atom stereocenters. The van der Waals surface area contributed by atoms with Gasteiger partial charge in [0.25, 0.3) is 11.8 Å². The molecule has 8 heteroatoms. The number of hydrogen-bond donors (Lipinski definition) is 2. The first kappa shape index (κ1) is 16.4. The van der Waals surface area contributed by atoms with Crippen molar-refractivity contribution in [3.63, 3.8) is 0 Å². The van der Waals surface area contributed by atoms with E-state index in [4.69, 9.17) is 16.3 Å². The van der Waals surface area contributed by atoms with Crippen LogP contribution >= 0.6 is 22.9 Å². The lowest BCUT2D eigenvalue weighted by Gasteiger charge is -2.02. The van der Waals surface area contributed by atoms with Crippen LogP contribution in [0.5, 0.6) is 0 Å². The molecule has 22 heavy (non-hydrogen) atoms. The van der Waals surface area contributed by atoms with Gasteiger partial charge in [0.15, 0.2) is 5.13 Å². The molecule has 0 spiro atoms. The van der Waals surface area contributed by atoms with E-state index < -0.39 is 0 Å². The smallest absolute Gasteiger partial charge is 0.270 e. The minimum absolute atomic E-state index is 0.257. The van der Waals surface area contributed by atoms with Crippen molar-refractivity contribution >= 4 is 39.9 Å². The van der Waals surface area contributed by atoms with Gasteiger partial charge < -0.3 is 10.1 Å². The summed E-state index contributed by atoms with van der Waals surface area (Å²) in [7, 11) is 1.55. The molecule has 2 aromatic rings. The first-order valence-corrected chi connectivity index (χ1v) is 7.65. The Kier molecular flexibility index (Phi) is 5.88. The average molecular weight is 340 g/mol. The standard InChI is InChI=1S/C14H14ClN3O3S/c1-21-7-6-16-13(20)11-8-22-14(17-11)18-12(19)9-2-4-10(15)5-3-9/h2-5,8H,6-7H2,1H3,(H,16,20)(H,17,18,19). The molecule has 1 heterocycles. The van der Waals surface area contributed by atoms with Crippen molar-refractivity contribution in [1.82, 2.24) is 10.3 Å². The summed E-state index contributed by atoms with van der Waals surface area (Å²) < 4.78 is 4.84. The molecule has 0 radical (unpaired) electrons. The Labute approximate surface area is 136 Å². The topological polar surface area (TPSA) is 80.3 Å². The van der Waals surface area contributed by atoms with Gasteiger partial charge >= 0.3 is 0 Å². The summed E-state index contributed by atoms with van der Waals surface area (Å²) in [5.41, 5.74) is 0.721. The summed E-state index contributed by atoms with van der Waals surface area (Å²) in [6.07, 6.45) is 0. The summed E-state index contributed by atoms with van der Waals surface area (Å²) in [6.45, 7) is 0.829. The molecule has 2 amide bonds. The molecule has 0 fully saturated rings. The number of halogens is 1. The third-order valence-electron chi connectivity index (χ3n) is 2.66. The van der Waals surface area contributed by atoms with E-state index in [2.05, 4.69) is 15.6 Å². The van der Waals surface area contributed by atoms with Gasteiger partial charge in [-0.05, 0) is 24.3 Å². The summed E-state index contributed by atoms with van der Waals surface area (Å²) in [6, 6.07) is 6.49. The lowest BCUT2D eigenvalue weighted by molar-refractivity contribution is 0.0931. The molecule has 1 aromatic carbocycles. The number of aromatic nitrogens is 1. The van der Waals surface area contributed by atoms with E-state index in [-0.39, 0.29) is 17.5 Å². The number of ether oxygens (including phenoxy) is 1. The summed E-state index contributed by atoms with van der Waals surface area (Å²) in [5, 5.41) is 7.80. The number of nitrogens with one attached hydrogen (secondary N) is 2. The number of rotatable bonds is 6. The minimum Gasteiger partial charge on any atom is -0.383 e. The van der Waals surface area contributed by atoms with Gasteiger partial charge in [0.05, 0.1) is 6.61 Å². The Morgan fingerprint density at radius 2 is 2.00 bits per heavy atom. The summed E-state index contributed by atoms with van der Waals surface area (Å²) in [5.74, 6) is -0.613. The van der Waals surface area contributed by atoms with E-state index in [1.807, 2.05) is 0 Å². The van der Waals surface area contributed by atoms with Gasteiger partial charge in [-0.15, -0.1) is 11.3 Å². The zero-order chi connectivity index (χ0) is 15.9. The van der Waals surface area contributed by atoms with Crippen LogP contribution in [0.15, 0.2) is 29.6 Å². The number of nitrogens with zero attached hydrogens (tertiary/aromatic N) is 1. The van der Waals surface area contributed by atoms with Crippen molar-refractivity contribution in [1.29, 1.82) is 0 Å². The lowest BCUT2D eigenvalue weighted by Crippen LogP contribution is -2.27. The predicted octanol–water partition coefficient (Wildman–Crippen LogP) is 2.43. The third kappa shape index (κ3) is 4.52. The maximum absolute atomic E-state index is 12.0. The highest BCUT2D eigenvalue weighted by atomic mass is 35.5. The van der Waals surface area contributed by atoms with Crippen LogP contribution in [0.3, 0.4) is 0 Å². The molecule has 0 aliphatic rings. The summed E-state index contributed by atoms with van der Waals surface area (Å²) >= 11 is 6.95. The van der Waals surface area contributed by atoms with Gasteiger partial charge in [0, 0.05) is 29.6 Å². The predicted molar refractivity (Wildman–Crippen MR) is 85.7 cm³/mol. The number of methoxy groups -OCH3 is 1. The third-order valence-corrected chi connectivity index (χ3v) is 3.67. The largest absolute Gasteiger partial charge is 0.383 e. The van der Waals surface area contributed by atoms with Crippen LogP contribution < -0.4 is 10.6 Å². The molecule has 2 N–H and O–H groups in total. The Hall–Kier alpha value is -1.96. The number of amides is 2. The summed E-state index contributed by atoms with van der Waals surface area (Å²) in [4.78, 5) is 27.9. The zero-order valence-electron chi connectivity index (χ0n) is 11.8. The molecule has 0 saturated carbocycles. The molecule has 0 atom stereocenters. The Morgan fingerprint density at radius 1 is 1.27 bits per heavy atom. The van der Waals surface area contributed by atoms with E-state index >= 15 is 0 Å². The molecule has 6 nitrogen and oxygen atoms in total. The van der Waals surface area contributed by atoms with Crippen molar-refractivity contribution in [2.24, 2.45) is 0 Å². The molecule has 0 bridgehead atoms. The number of hydrogen-bond acceptors (Lipinski definition) is 5. The van der Waals surface area contributed by atoms with E-state index in [0.29, 0.717) is 28.9 Å². The van der Waals surface area contributed by atoms with Crippen molar-refractivity contribution < 1.29 is 14.3 Å². The van der Waals surface area contributed by atoms with Crippen molar-refractivity contribution in [2.75, 3.05) is 25.6 Å². The van der Waals surface area contributed by atoms with Crippen LogP contribution in [0.1, 0.15) is 20.8 Å². The minimum atomic E-state index is -0.308.